The maximum atomic E-state index is 2.56. The van der Waals surface area contributed by atoms with Crippen LogP contribution in [0.25, 0.3) is 85.9 Å². The zero-order chi connectivity index (χ0) is 32.6. The van der Waals surface area contributed by atoms with Gasteiger partial charge in [0.25, 0.3) is 0 Å². The lowest BCUT2D eigenvalue weighted by molar-refractivity contribution is 0.795. The van der Waals surface area contributed by atoms with Crippen LogP contribution in [0.15, 0.2) is 170 Å². The van der Waals surface area contributed by atoms with Gasteiger partial charge in [-0.3, -0.25) is 0 Å². The van der Waals surface area contributed by atoms with E-state index in [1.165, 1.54) is 108 Å². The number of benzene rings is 9. The summed E-state index contributed by atoms with van der Waals surface area (Å²) in [6, 6.07) is 64.2. The Morgan fingerprint density at radius 3 is 1.56 bits per heavy atom. The minimum absolute atomic E-state index is 0.428. The number of thiophene rings is 1. The molecule has 0 aliphatic heterocycles. The minimum atomic E-state index is -0.428. The van der Waals surface area contributed by atoms with E-state index in [1.54, 1.807) is 0 Å². The highest BCUT2D eigenvalue weighted by Crippen LogP contribution is 2.65. The van der Waals surface area contributed by atoms with Crippen LogP contribution >= 0.6 is 11.3 Å². The fourth-order valence-corrected chi connectivity index (χ4v) is 11.0. The topological polar surface area (TPSA) is 0 Å². The van der Waals surface area contributed by atoms with E-state index in [4.69, 9.17) is 0 Å². The molecule has 1 aromatic heterocycles. The molecule has 2 aliphatic carbocycles. The summed E-state index contributed by atoms with van der Waals surface area (Å²) >= 11 is 1.91. The fraction of sp³-hybridized carbons (Fsp3) is 0.0204. The quantitative estimate of drug-likeness (QED) is 0.155. The summed E-state index contributed by atoms with van der Waals surface area (Å²) in [6.07, 6.45) is 0. The first-order valence-corrected chi connectivity index (χ1v) is 18.3. The van der Waals surface area contributed by atoms with Crippen LogP contribution in [0.1, 0.15) is 22.3 Å². The summed E-state index contributed by atoms with van der Waals surface area (Å²) in [5.41, 5.74) is 13.1. The van der Waals surface area contributed by atoms with Crippen molar-refractivity contribution in [2.24, 2.45) is 0 Å². The maximum Gasteiger partial charge on any atom is 0.0725 e. The van der Waals surface area contributed by atoms with Gasteiger partial charge in [-0.2, -0.15) is 0 Å². The van der Waals surface area contributed by atoms with E-state index in [9.17, 15) is 0 Å². The third-order valence-electron chi connectivity index (χ3n) is 11.7. The highest BCUT2D eigenvalue weighted by molar-refractivity contribution is 7.26. The van der Waals surface area contributed by atoms with Crippen LogP contribution in [0.5, 0.6) is 0 Å². The van der Waals surface area contributed by atoms with Gasteiger partial charge in [-0.05, 0) is 101 Å². The Labute approximate surface area is 293 Å². The zero-order valence-electron chi connectivity index (χ0n) is 27.1. The molecule has 0 saturated carbocycles. The number of fused-ring (bicyclic) bond motifs is 19. The molecule has 0 nitrogen and oxygen atoms in total. The van der Waals surface area contributed by atoms with Crippen LogP contribution in [-0.2, 0) is 5.41 Å². The van der Waals surface area contributed by atoms with Gasteiger partial charge < -0.3 is 0 Å². The standard InChI is InChI=1S/C49H28S/c1-3-15-31-29(13-1)30-14-2-4-16-32(30)40-28-45-41(27-39(31)40)33-17-5-8-23-42(33)49(45)43-24-9-6-19-38(43)47-35(20-12-25-44(47)49)37-22-11-21-36-34-18-7-10-26-46(34)50-48(36)37/h1-28H. The molecular formula is C49H28S. The lowest BCUT2D eigenvalue weighted by atomic mass is 9.70. The predicted molar refractivity (Wildman–Crippen MR) is 214 cm³/mol. The molecule has 9 aromatic carbocycles. The molecule has 1 spiro atoms. The van der Waals surface area contributed by atoms with Gasteiger partial charge in [-0.1, -0.05) is 152 Å². The van der Waals surface area contributed by atoms with Gasteiger partial charge >= 0.3 is 0 Å². The first-order valence-electron chi connectivity index (χ1n) is 17.4. The molecule has 12 rings (SSSR count). The van der Waals surface area contributed by atoms with E-state index in [1.807, 2.05) is 11.3 Å². The van der Waals surface area contributed by atoms with Crippen LogP contribution in [0, 0.1) is 0 Å². The van der Waals surface area contributed by atoms with Crippen LogP contribution in [0.3, 0.4) is 0 Å². The first-order chi connectivity index (χ1) is 24.8. The van der Waals surface area contributed by atoms with Crippen molar-refractivity contribution in [3.8, 4) is 33.4 Å². The molecule has 2 aliphatic rings. The molecule has 1 heterocycles. The van der Waals surface area contributed by atoms with E-state index in [-0.39, 0.29) is 0 Å². The molecule has 0 saturated heterocycles. The monoisotopic (exact) mass is 648 g/mol. The van der Waals surface area contributed by atoms with Crippen molar-refractivity contribution in [1.82, 2.24) is 0 Å². The van der Waals surface area contributed by atoms with Crippen molar-refractivity contribution in [1.29, 1.82) is 0 Å². The van der Waals surface area contributed by atoms with E-state index >= 15 is 0 Å². The highest BCUT2D eigenvalue weighted by atomic mass is 32.1. The van der Waals surface area contributed by atoms with Crippen LogP contribution < -0.4 is 0 Å². The Hall–Kier alpha value is -6.02. The normalized spacial score (nSPS) is 15.7. The third-order valence-corrected chi connectivity index (χ3v) is 12.9. The highest BCUT2D eigenvalue weighted by Gasteiger charge is 2.52. The van der Waals surface area contributed by atoms with E-state index in [0.717, 1.165) is 0 Å². The Morgan fingerprint density at radius 2 is 0.800 bits per heavy atom. The maximum absolute atomic E-state index is 2.56. The average Bonchev–Trinajstić information content (AvgIpc) is 3.81. The molecular weight excluding hydrogens is 621 g/mol. The smallest absolute Gasteiger partial charge is 0.0725 e. The molecule has 0 fully saturated rings. The molecule has 0 radical (unpaired) electrons. The van der Waals surface area contributed by atoms with Gasteiger partial charge in [0.15, 0.2) is 0 Å². The van der Waals surface area contributed by atoms with E-state index in [2.05, 4.69) is 170 Å². The molecule has 230 valence electrons. The van der Waals surface area contributed by atoms with Gasteiger partial charge in [0.05, 0.1) is 5.41 Å². The summed E-state index contributed by atoms with van der Waals surface area (Å²) in [6.45, 7) is 0. The van der Waals surface area contributed by atoms with Crippen molar-refractivity contribution >= 4 is 63.8 Å². The lowest BCUT2D eigenvalue weighted by Crippen LogP contribution is -2.25. The van der Waals surface area contributed by atoms with Gasteiger partial charge in [0.2, 0.25) is 0 Å². The van der Waals surface area contributed by atoms with Crippen molar-refractivity contribution in [3.63, 3.8) is 0 Å². The zero-order valence-corrected chi connectivity index (χ0v) is 27.9. The summed E-state index contributed by atoms with van der Waals surface area (Å²) in [5, 5.41) is 10.6. The molecule has 1 heteroatoms. The van der Waals surface area contributed by atoms with E-state index < -0.39 is 5.41 Å². The van der Waals surface area contributed by atoms with E-state index in [0.29, 0.717) is 0 Å². The van der Waals surface area contributed by atoms with Crippen molar-refractivity contribution in [3.05, 3.63) is 192 Å². The molecule has 0 N–H and O–H groups in total. The van der Waals surface area contributed by atoms with Gasteiger partial charge in [-0.25, -0.2) is 0 Å². The summed E-state index contributed by atoms with van der Waals surface area (Å²) in [7, 11) is 0. The second-order valence-corrected chi connectivity index (χ2v) is 14.9. The largest absolute Gasteiger partial charge is 0.135 e. The van der Waals surface area contributed by atoms with Crippen molar-refractivity contribution in [2.45, 2.75) is 5.41 Å². The lowest BCUT2D eigenvalue weighted by Gasteiger charge is -2.31. The Balaban J connectivity index is 1.24. The molecule has 0 amide bonds. The van der Waals surface area contributed by atoms with Crippen molar-refractivity contribution in [2.75, 3.05) is 0 Å². The number of hydrogen-bond acceptors (Lipinski definition) is 1. The Kier molecular flexibility index (Phi) is 5.14. The molecule has 1 atom stereocenters. The van der Waals surface area contributed by atoms with Crippen molar-refractivity contribution < 1.29 is 0 Å². The second kappa shape index (κ2) is 9.57. The molecule has 50 heavy (non-hydrogen) atoms. The summed E-state index contributed by atoms with van der Waals surface area (Å²) in [5.74, 6) is 0. The van der Waals surface area contributed by atoms with Crippen LogP contribution in [0.4, 0.5) is 0 Å². The molecule has 10 aromatic rings. The minimum Gasteiger partial charge on any atom is -0.135 e. The van der Waals surface area contributed by atoms with Gasteiger partial charge in [0.1, 0.15) is 0 Å². The first kappa shape index (κ1) is 26.9. The Bertz CT molecular complexity index is 3100. The van der Waals surface area contributed by atoms with Crippen LogP contribution in [-0.4, -0.2) is 0 Å². The summed E-state index contributed by atoms with van der Waals surface area (Å²) in [4.78, 5) is 0. The van der Waals surface area contributed by atoms with Gasteiger partial charge in [-0.15, -0.1) is 11.3 Å². The second-order valence-electron chi connectivity index (χ2n) is 13.9. The van der Waals surface area contributed by atoms with Crippen LogP contribution in [0.2, 0.25) is 0 Å². The molecule has 0 bridgehead atoms. The SMILES string of the molecule is c1ccc2c(c1)-c1cc3c4ccccc4c4ccccc4c3cc1C21c2ccccc2-c2c(-c3cccc4c3sc3ccccc34)cccc21. The third kappa shape index (κ3) is 3.18. The fourth-order valence-electron chi connectivity index (χ4n) is 9.77. The Morgan fingerprint density at radius 1 is 0.300 bits per heavy atom. The van der Waals surface area contributed by atoms with Gasteiger partial charge in [0, 0.05) is 25.7 Å². The summed E-state index contributed by atoms with van der Waals surface area (Å²) < 4.78 is 2.70. The molecule has 1 unspecified atom stereocenters. The number of hydrogen-bond donors (Lipinski definition) is 0. The average molecular weight is 649 g/mol. The predicted octanol–water partition coefficient (Wildman–Crippen LogP) is 13.5. The number of rotatable bonds is 1.